The summed E-state index contributed by atoms with van der Waals surface area (Å²) in [5.74, 6) is -0.268. The minimum absolute atomic E-state index is 0.268. The lowest BCUT2D eigenvalue weighted by atomic mass is 10.3. The molecule has 3 nitrogen and oxygen atoms in total. The van der Waals surface area contributed by atoms with Crippen LogP contribution in [0.25, 0.3) is 16.9 Å². The third kappa shape index (κ3) is 2.34. The van der Waals surface area contributed by atoms with Crippen LogP contribution in [0.15, 0.2) is 34.9 Å². The van der Waals surface area contributed by atoms with Gasteiger partial charge in [0.2, 0.25) is 0 Å². The molecule has 0 spiro atoms. The SMILES string of the molecule is Fc1ccc(-n2c(=S)[nH]c3cc(Br)cnc32)c(I)c1. The van der Waals surface area contributed by atoms with E-state index in [0.717, 1.165) is 24.9 Å². The van der Waals surface area contributed by atoms with Gasteiger partial charge in [-0.3, -0.25) is 4.57 Å². The highest BCUT2D eigenvalue weighted by atomic mass is 127. The lowest BCUT2D eigenvalue weighted by molar-refractivity contribution is 0.626. The average molecular weight is 450 g/mol. The first-order valence-corrected chi connectivity index (χ1v) is 7.56. The van der Waals surface area contributed by atoms with Crippen molar-refractivity contribution in [1.82, 2.24) is 14.5 Å². The Hall–Kier alpha value is -0.800. The van der Waals surface area contributed by atoms with Crippen LogP contribution in [0.1, 0.15) is 0 Å². The van der Waals surface area contributed by atoms with E-state index in [2.05, 4.69) is 48.5 Å². The zero-order valence-corrected chi connectivity index (χ0v) is 13.9. The molecule has 0 bridgehead atoms. The molecule has 0 amide bonds. The zero-order valence-electron chi connectivity index (χ0n) is 9.32. The van der Waals surface area contributed by atoms with Crippen molar-refractivity contribution in [2.75, 3.05) is 0 Å². The fraction of sp³-hybridized carbons (Fsp3) is 0. The monoisotopic (exact) mass is 449 g/mol. The summed E-state index contributed by atoms with van der Waals surface area (Å²) >= 11 is 10.8. The predicted octanol–water partition coefficient (Wildman–Crippen LogP) is 4.59. The van der Waals surface area contributed by atoms with Gasteiger partial charge in [-0.05, 0) is 75.0 Å². The highest BCUT2D eigenvalue weighted by Crippen LogP contribution is 2.24. The van der Waals surface area contributed by atoms with Gasteiger partial charge in [0.1, 0.15) is 5.82 Å². The summed E-state index contributed by atoms with van der Waals surface area (Å²) in [4.78, 5) is 7.46. The summed E-state index contributed by atoms with van der Waals surface area (Å²) in [7, 11) is 0. The minimum Gasteiger partial charge on any atom is -0.329 e. The number of halogens is 3. The Morgan fingerprint density at radius 1 is 1.37 bits per heavy atom. The molecule has 19 heavy (non-hydrogen) atoms. The van der Waals surface area contributed by atoms with Crippen LogP contribution in [0, 0.1) is 14.2 Å². The molecule has 0 aliphatic rings. The molecular weight excluding hydrogens is 444 g/mol. The number of pyridine rings is 1. The largest absolute Gasteiger partial charge is 0.329 e. The Balaban J connectivity index is 2.36. The summed E-state index contributed by atoms with van der Waals surface area (Å²) in [6.45, 7) is 0. The highest BCUT2D eigenvalue weighted by Gasteiger charge is 2.11. The van der Waals surface area contributed by atoms with Gasteiger partial charge in [0.05, 0.1) is 11.2 Å². The molecule has 0 fully saturated rings. The molecule has 2 aromatic heterocycles. The molecule has 0 radical (unpaired) electrons. The first-order chi connectivity index (χ1) is 9.06. The Bertz CT molecular complexity index is 843. The zero-order chi connectivity index (χ0) is 13.6. The molecule has 2 heterocycles. The van der Waals surface area contributed by atoms with Gasteiger partial charge in [-0.15, -0.1) is 0 Å². The molecule has 1 N–H and O–H groups in total. The summed E-state index contributed by atoms with van der Waals surface area (Å²) < 4.78 is 17.2. The average Bonchev–Trinajstić information content (AvgIpc) is 2.65. The van der Waals surface area contributed by atoms with Crippen LogP contribution in [0.4, 0.5) is 4.39 Å². The number of hydrogen-bond acceptors (Lipinski definition) is 2. The first kappa shape index (κ1) is 13.2. The van der Waals surface area contributed by atoms with Gasteiger partial charge < -0.3 is 4.98 Å². The summed E-state index contributed by atoms with van der Waals surface area (Å²) in [6.07, 6.45) is 1.71. The van der Waals surface area contributed by atoms with Crippen LogP contribution < -0.4 is 0 Å². The molecule has 0 aliphatic heterocycles. The normalized spacial score (nSPS) is 11.1. The van der Waals surface area contributed by atoms with E-state index in [9.17, 15) is 4.39 Å². The van der Waals surface area contributed by atoms with Crippen LogP contribution >= 0.6 is 50.7 Å². The Kier molecular flexibility index (Phi) is 3.44. The molecule has 0 aliphatic carbocycles. The molecule has 96 valence electrons. The maximum atomic E-state index is 13.2. The number of nitrogens with one attached hydrogen (secondary N) is 1. The lowest BCUT2D eigenvalue weighted by Crippen LogP contribution is -1.98. The van der Waals surface area contributed by atoms with Crippen LogP contribution in [0.5, 0.6) is 0 Å². The summed E-state index contributed by atoms with van der Waals surface area (Å²) in [6, 6.07) is 6.49. The summed E-state index contributed by atoms with van der Waals surface area (Å²) in [5.41, 5.74) is 2.37. The highest BCUT2D eigenvalue weighted by molar-refractivity contribution is 14.1. The predicted molar refractivity (Wildman–Crippen MR) is 86.6 cm³/mol. The van der Waals surface area contributed by atoms with Gasteiger partial charge in [0.25, 0.3) is 0 Å². The van der Waals surface area contributed by atoms with Crippen LogP contribution in [-0.2, 0) is 0 Å². The fourth-order valence-corrected chi connectivity index (χ4v) is 3.20. The number of aromatic amines is 1. The number of aromatic nitrogens is 3. The smallest absolute Gasteiger partial charge is 0.184 e. The van der Waals surface area contributed by atoms with E-state index in [1.54, 1.807) is 16.8 Å². The number of hydrogen-bond donors (Lipinski definition) is 1. The molecule has 0 unspecified atom stereocenters. The molecular formula is C12H6BrFIN3S. The van der Waals surface area contributed by atoms with Gasteiger partial charge >= 0.3 is 0 Å². The van der Waals surface area contributed by atoms with Crippen LogP contribution in [0.3, 0.4) is 0 Å². The van der Waals surface area contributed by atoms with Gasteiger partial charge in [0, 0.05) is 14.2 Å². The number of imidazole rings is 1. The maximum Gasteiger partial charge on any atom is 0.184 e. The lowest BCUT2D eigenvalue weighted by Gasteiger charge is -2.06. The molecule has 3 rings (SSSR count). The number of benzene rings is 1. The number of nitrogens with zero attached hydrogens (tertiary/aromatic N) is 2. The van der Waals surface area contributed by atoms with E-state index < -0.39 is 0 Å². The van der Waals surface area contributed by atoms with Crippen molar-refractivity contribution in [2.24, 2.45) is 0 Å². The van der Waals surface area contributed by atoms with E-state index in [0.29, 0.717) is 4.77 Å². The topological polar surface area (TPSA) is 33.6 Å². The Morgan fingerprint density at radius 3 is 2.89 bits per heavy atom. The second-order valence-corrected chi connectivity index (χ2v) is 6.35. The van der Waals surface area contributed by atoms with Crippen molar-refractivity contribution < 1.29 is 4.39 Å². The van der Waals surface area contributed by atoms with Crippen LogP contribution in [0.2, 0.25) is 0 Å². The Morgan fingerprint density at radius 2 is 2.16 bits per heavy atom. The van der Waals surface area contributed by atoms with Crippen molar-refractivity contribution >= 4 is 61.9 Å². The number of H-pyrrole nitrogens is 1. The minimum atomic E-state index is -0.268. The molecule has 3 aromatic rings. The third-order valence-electron chi connectivity index (χ3n) is 2.64. The first-order valence-electron chi connectivity index (χ1n) is 5.28. The van der Waals surface area contributed by atoms with Crippen LogP contribution in [-0.4, -0.2) is 14.5 Å². The summed E-state index contributed by atoms with van der Waals surface area (Å²) in [5, 5.41) is 0. The van der Waals surface area contributed by atoms with Crippen molar-refractivity contribution in [3.8, 4) is 5.69 Å². The van der Waals surface area contributed by atoms with Crippen molar-refractivity contribution in [1.29, 1.82) is 0 Å². The molecule has 7 heteroatoms. The number of fused-ring (bicyclic) bond motifs is 1. The molecule has 0 saturated heterocycles. The standard InChI is InChI=1S/C12H6BrFIN3S/c13-6-3-9-11(16-5-6)18(12(19)17-9)10-2-1-7(14)4-8(10)15/h1-5H,(H,17,19). The molecule has 1 aromatic carbocycles. The van der Waals surface area contributed by atoms with E-state index >= 15 is 0 Å². The Labute approximate surface area is 135 Å². The fourth-order valence-electron chi connectivity index (χ4n) is 1.86. The van der Waals surface area contributed by atoms with Gasteiger partial charge in [-0.2, -0.15) is 0 Å². The third-order valence-corrected chi connectivity index (χ3v) is 4.22. The van der Waals surface area contributed by atoms with E-state index in [1.165, 1.54) is 12.1 Å². The number of rotatable bonds is 1. The maximum absolute atomic E-state index is 13.2. The molecule has 0 atom stereocenters. The van der Waals surface area contributed by atoms with Crippen molar-refractivity contribution in [3.63, 3.8) is 0 Å². The second kappa shape index (κ2) is 4.95. The van der Waals surface area contributed by atoms with E-state index in [4.69, 9.17) is 12.2 Å². The second-order valence-electron chi connectivity index (χ2n) is 3.89. The van der Waals surface area contributed by atoms with Crippen molar-refractivity contribution in [2.45, 2.75) is 0 Å². The molecule has 0 saturated carbocycles. The quantitative estimate of drug-likeness (QED) is 0.435. The van der Waals surface area contributed by atoms with E-state index in [1.807, 2.05) is 6.07 Å². The van der Waals surface area contributed by atoms with Gasteiger partial charge in [-0.1, -0.05) is 0 Å². The van der Waals surface area contributed by atoms with Gasteiger partial charge in [-0.25, -0.2) is 9.37 Å². The van der Waals surface area contributed by atoms with E-state index in [-0.39, 0.29) is 5.82 Å². The van der Waals surface area contributed by atoms with Gasteiger partial charge in [0.15, 0.2) is 10.4 Å². The van der Waals surface area contributed by atoms with Crippen molar-refractivity contribution in [3.05, 3.63) is 49.1 Å².